The van der Waals surface area contributed by atoms with Gasteiger partial charge in [-0.2, -0.15) is 13.2 Å². The molecule has 0 aromatic carbocycles. The summed E-state index contributed by atoms with van der Waals surface area (Å²) in [6.45, 7) is 0. The third-order valence-corrected chi connectivity index (χ3v) is 2.21. The van der Waals surface area contributed by atoms with Gasteiger partial charge in [0.2, 0.25) is 0 Å². The first-order chi connectivity index (χ1) is 8.04. The fourth-order valence-electron chi connectivity index (χ4n) is 1.01. The Bertz CT molecular complexity index is 442. The van der Waals surface area contributed by atoms with Crippen LogP contribution in [0.5, 0.6) is 5.88 Å². The summed E-state index contributed by atoms with van der Waals surface area (Å²) in [5.41, 5.74) is -2.31. The highest BCUT2D eigenvalue weighted by Crippen LogP contribution is 2.36. The highest BCUT2D eigenvalue weighted by Gasteiger charge is 2.40. The van der Waals surface area contributed by atoms with Gasteiger partial charge in [-0.05, 0) is 6.07 Å². The largest absolute Gasteiger partial charge is 0.574 e. The minimum Gasteiger partial charge on any atom is -0.385 e. The van der Waals surface area contributed by atoms with Crippen LogP contribution in [0.4, 0.5) is 30.7 Å². The van der Waals surface area contributed by atoms with E-state index in [-0.39, 0.29) is 5.33 Å². The molecule has 0 N–H and O–H groups in total. The lowest BCUT2D eigenvalue weighted by Gasteiger charge is -2.14. The van der Waals surface area contributed by atoms with E-state index >= 15 is 0 Å². The maximum absolute atomic E-state index is 13.2. The van der Waals surface area contributed by atoms with E-state index in [1.54, 1.807) is 0 Å². The Balaban J connectivity index is 3.34. The lowest BCUT2D eigenvalue weighted by Crippen LogP contribution is -2.21. The molecule has 0 amide bonds. The van der Waals surface area contributed by atoms with Crippen molar-refractivity contribution in [3.63, 3.8) is 0 Å². The molecule has 0 aliphatic heterocycles. The molecular weight excluding hydrogens is 339 g/mol. The zero-order chi connectivity index (χ0) is 14.1. The molecule has 0 saturated heterocycles. The topological polar surface area (TPSA) is 22.1 Å². The Morgan fingerprint density at radius 2 is 1.72 bits per heavy atom. The molecule has 102 valence electrons. The first-order valence-corrected chi connectivity index (χ1v) is 5.25. The second-order valence-corrected chi connectivity index (χ2v) is 3.52. The lowest BCUT2D eigenvalue weighted by molar-refractivity contribution is -0.277. The van der Waals surface area contributed by atoms with Crippen LogP contribution in [0, 0.1) is 5.82 Å². The number of hydrogen-bond donors (Lipinski definition) is 0. The Kier molecular flexibility index (Phi) is 4.08. The van der Waals surface area contributed by atoms with Crippen molar-refractivity contribution in [1.29, 1.82) is 0 Å². The third kappa shape index (κ3) is 3.72. The number of halogens is 8. The number of ether oxygens (including phenoxy) is 1. The van der Waals surface area contributed by atoms with Crippen LogP contribution < -0.4 is 4.74 Å². The minimum atomic E-state index is -5.33. The van der Waals surface area contributed by atoms with Crippen LogP contribution in [-0.4, -0.2) is 11.3 Å². The molecule has 1 aromatic heterocycles. The fourth-order valence-corrected chi connectivity index (χ4v) is 1.30. The molecule has 0 atom stereocenters. The smallest absolute Gasteiger partial charge is 0.385 e. The van der Waals surface area contributed by atoms with E-state index < -0.39 is 35.5 Å². The average molecular weight is 342 g/mol. The SMILES string of the molecule is Fc1c(C(F)(F)F)cc(CBr)nc1OC(F)(F)F. The molecule has 18 heavy (non-hydrogen) atoms. The van der Waals surface area contributed by atoms with Crippen molar-refractivity contribution < 1.29 is 35.5 Å². The highest BCUT2D eigenvalue weighted by molar-refractivity contribution is 9.08. The minimum absolute atomic E-state index is 0.287. The summed E-state index contributed by atoms with van der Waals surface area (Å²) in [4.78, 5) is 2.99. The van der Waals surface area contributed by atoms with Gasteiger partial charge in [0.1, 0.15) is 0 Å². The van der Waals surface area contributed by atoms with E-state index in [2.05, 4.69) is 25.7 Å². The Morgan fingerprint density at radius 1 is 1.17 bits per heavy atom. The Labute approximate surface area is 104 Å². The molecule has 0 bridgehead atoms. The van der Waals surface area contributed by atoms with E-state index in [0.29, 0.717) is 6.07 Å². The van der Waals surface area contributed by atoms with Crippen LogP contribution in [0.25, 0.3) is 0 Å². The average Bonchev–Trinajstić information content (AvgIpc) is 2.17. The van der Waals surface area contributed by atoms with Gasteiger partial charge in [-0.3, -0.25) is 0 Å². The monoisotopic (exact) mass is 341 g/mol. The van der Waals surface area contributed by atoms with Gasteiger partial charge in [0.15, 0.2) is 5.82 Å². The normalized spacial score (nSPS) is 12.7. The van der Waals surface area contributed by atoms with E-state index in [1.165, 1.54) is 0 Å². The number of rotatable bonds is 2. The molecular formula is C8H3BrF7NO. The molecule has 0 spiro atoms. The molecule has 0 aliphatic carbocycles. The molecule has 10 heteroatoms. The van der Waals surface area contributed by atoms with E-state index in [1.807, 2.05) is 0 Å². The second-order valence-electron chi connectivity index (χ2n) is 2.96. The summed E-state index contributed by atoms with van der Waals surface area (Å²) in [7, 11) is 0. The van der Waals surface area contributed by atoms with Crippen LogP contribution in [0.15, 0.2) is 6.07 Å². The van der Waals surface area contributed by atoms with Crippen LogP contribution >= 0.6 is 15.9 Å². The van der Waals surface area contributed by atoms with Gasteiger partial charge < -0.3 is 4.74 Å². The van der Waals surface area contributed by atoms with Gasteiger partial charge in [0, 0.05) is 5.33 Å². The van der Waals surface area contributed by atoms with Gasteiger partial charge in [-0.15, -0.1) is 13.2 Å². The number of pyridine rings is 1. The summed E-state index contributed by atoms with van der Waals surface area (Å²) in [5, 5.41) is -0.287. The van der Waals surface area contributed by atoms with Crippen molar-refractivity contribution in [2.24, 2.45) is 0 Å². The predicted octanol–water partition coefficient (Wildman–Crippen LogP) is 4.03. The molecule has 0 saturated carbocycles. The first kappa shape index (κ1) is 15.0. The molecule has 0 unspecified atom stereocenters. The highest BCUT2D eigenvalue weighted by atomic mass is 79.9. The predicted molar refractivity (Wildman–Crippen MR) is 48.5 cm³/mol. The zero-order valence-corrected chi connectivity index (χ0v) is 9.75. The summed E-state index contributed by atoms with van der Waals surface area (Å²) in [5.74, 6) is -3.96. The fraction of sp³-hybridized carbons (Fsp3) is 0.375. The molecule has 0 radical (unpaired) electrons. The number of alkyl halides is 7. The van der Waals surface area contributed by atoms with Crippen LogP contribution in [-0.2, 0) is 11.5 Å². The molecule has 1 aromatic rings. The van der Waals surface area contributed by atoms with Gasteiger partial charge in [-0.1, -0.05) is 15.9 Å². The zero-order valence-electron chi connectivity index (χ0n) is 8.16. The van der Waals surface area contributed by atoms with Crippen molar-refractivity contribution in [1.82, 2.24) is 4.98 Å². The van der Waals surface area contributed by atoms with Gasteiger partial charge in [0.05, 0.1) is 11.3 Å². The van der Waals surface area contributed by atoms with Crippen LogP contribution in [0.3, 0.4) is 0 Å². The summed E-state index contributed by atoms with van der Waals surface area (Å²) in [6.07, 6.45) is -10.5. The van der Waals surface area contributed by atoms with Crippen molar-refractivity contribution >= 4 is 15.9 Å². The second kappa shape index (κ2) is 4.90. The van der Waals surface area contributed by atoms with Crippen molar-refractivity contribution in [3.8, 4) is 5.88 Å². The maximum Gasteiger partial charge on any atom is 0.574 e. The lowest BCUT2D eigenvalue weighted by atomic mass is 10.2. The summed E-state index contributed by atoms with van der Waals surface area (Å²) < 4.78 is 89.0. The molecule has 2 nitrogen and oxygen atoms in total. The van der Waals surface area contributed by atoms with E-state index in [0.717, 1.165) is 0 Å². The van der Waals surface area contributed by atoms with Crippen LogP contribution in [0.1, 0.15) is 11.3 Å². The van der Waals surface area contributed by atoms with Gasteiger partial charge in [0.25, 0.3) is 5.88 Å². The number of nitrogens with zero attached hydrogens (tertiary/aromatic N) is 1. The summed E-state index contributed by atoms with van der Waals surface area (Å²) in [6, 6.07) is 0.299. The maximum atomic E-state index is 13.2. The van der Waals surface area contributed by atoms with E-state index in [9.17, 15) is 30.7 Å². The number of hydrogen-bond acceptors (Lipinski definition) is 2. The first-order valence-electron chi connectivity index (χ1n) is 4.13. The summed E-state index contributed by atoms with van der Waals surface area (Å²) >= 11 is 2.71. The van der Waals surface area contributed by atoms with Crippen LogP contribution in [0.2, 0.25) is 0 Å². The molecule has 0 aliphatic rings. The van der Waals surface area contributed by atoms with Gasteiger partial charge in [-0.25, -0.2) is 9.37 Å². The van der Waals surface area contributed by atoms with Crippen molar-refractivity contribution in [2.75, 3.05) is 0 Å². The number of aromatic nitrogens is 1. The standard InChI is InChI=1S/C8H3BrF7NO/c9-2-3-1-4(7(11,12)13)5(10)6(17-3)18-8(14,15)16/h1H,2H2. The van der Waals surface area contributed by atoms with Crippen molar-refractivity contribution in [3.05, 3.63) is 23.1 Å². The third-order valence-electron chi connectivity index (χ3n) is 1.64. The van der Waals surface area contributed by atoms with Crippen molar-refractivity contribution in [2.45, 2.75) is 17.9 Å². The Hall–Kier alpha value is -1.06. The molecule has 1 rings (SSSR count). The van der Waals surface area contributed by atoms with Gasteiger partial charge >= 0.3 is 12.5 Å². The quantitative estimate of drug-likeness (QED) is 0.598. The Morgan fingerprint density at radius 3 is 2.11 bits per heavy atom. The van der Waals surface area contributed by atoms with E-state index in [4.69, 9.17) is 0 Å². The molecule has 0 fully saturated rings. The molecule has 1 heterocycles.